The first-order valence-corrected chi connectivity index (χ1v) is 18.4. The summed E-state index contributed by atoms with van der Waals surface area (Å²) in [6, 6.07) is 8.90. The standard InChI is InChI=1S/C12H16N2O4.C11H25NOSi.C7H6BrNO3/c1-18-12-3-2-9(14(16)17)8-11(12)13-6-4-10(15)5-7-13;1-11(2,3)14(4,5)13-10-6-8-12-9-7-10;1-12-7-3-2-5(9(10)11)4-6(7)8/h2-3,8,10,15H,4-7H2,1H3;10,12H,6-9H2,1-5H3;2-4H,1H3. The van der Waals surface area contributed by atoms with Crippen LogP contribution >= 0.6 is 15.9 Å². The third-order valence-corrected chi connectivity index (χ3v) is 13.2. The number of benzene rings is 2. The number of ether oxygens (including phenoxy) is 2. The highest BCUT2D eigenvalue weighted by molar-refractivity contribution is 9.10. The lowest BCUT2D eigenvalue weighted by Crippen LogP contribution is -2.46. The number of nitro groups is 2. The lowest BCUT2D eigenvalue weighted by molar-refractivity contribution is -0.385. The highest BCUT2D eigenvalue weighted by Crippen LogP contribution is 2.38. The van der Waals surface area contributed by atoms with Gasteiger partial charge in [-0.2, -0.15) is 0 Å². The van der Waals surface area contributed by atoms with E-state index in [2.05, 4.69) is 55.1 Å². The quantitative estimate of drug-likeness (QED) is 0.182. The van der Waals surface area contributed by atoms with Gasteiger partial charge in [-0.1, -0.05) is 20.8 Å². The molecular formula is C30H47BrN4O8Si. The maximum absolute atomic E-state index is 10.8. The van der Waals surface area contributed by atoms with Crippen molar-refractivity contribution in [3.8, 4) is 11.5 Å². The zero-order valence-electron chi connectivity index (χ0n) is 26.8. The van der Waals surface area contributed by atoms with E-state index >= 15 is 0 Å². The summed E-state index contributed by atoms with van der Waals surface area (Å²) in [5.41, 5.74) is 0.818. The van der Waals surface area contributed by atoms with Gasteiger partial charge in [-0.15, -0.1) is 0 Å². The summed E-state index contributed by atoms with van der Waals surface area (Å²) < 4.78 is 17.1. The number of anilines is 1. The van der Waals surface area contributed by atoms with Gasteiger partial charge >= 0.3 is 0 Å². The summed E-state index contributed by atoms with van der Waals surface area (Å²) in [6.07, 6.45) is 3.96. The molecule has 2 saturated heterocycles. The molecule has 0 aromatic heterocycles. The van der Waals surface area contributed by atoms with Crippen molar-refractivity contribution < 1.29 is 28.9 Å². The van der Waals surface area contributed by atoms with Crippen LogP contribution in [0.2, 0.25) is 18.1 Å². The molecule has 2 fully saturated rings. The lowest BCUT2D eigenvalue weighted by atomic mass is 10.1. The van der Waals surface area contributed by atoms with Crippen molar-refractivity contribution in [3.05, 3.63) is 61.1 Å². The minimum absolute atomic E-state index is 0.0441. The third-order valence-electron chi connectivity index (χ3n) is 8.08. The zero-order valence-corrected chi connectivity index (χ0v) is 29.4. The van der Waals surface area contributed by atoms with Crippen LogP contribution in [-0.4, -0.2) is 75.9 Å². The first-order valence-electron chi connectivity index (χ1n) is 14.7. The highest BCUT2D eigenvalue weighted by atomic mass is 79.9. The second kappa shape index (κ2) is 17.1. The van der Waals surface area contributed by atoms with E-state index in [0.29, 0.717) is 53.0 Å². The van der Waals surface area contributed by atoms with Crippen molar-refractivity contribution in [1.29, 1.82) is 0 Å². The van der Waals surface area contributed by atoms with Crippen LogP contribution in [0.1, 0.15) is 46.5 Å². The molecule has 0 bridgehead atoms. The lowest BCUT2D eigenvalue weighted by Gasteiger charge is -2.40. The second-order valence-corrected chi connectivity index (χ2v) is 17.8. The summed E-state index contributed by atoms with van der Waals surface area (Å²) in [5, 5.41) is 34.3. The highest BCUT2D eigenvalue weighted by Gasteiger charge is 2.39. The van der Waals surface area contributed by atoms with Gasteiger partial charge in [-0.25, -0.2) is 0 Å². The molecule has 0 unspecified atom stereocenters. The normalized spacial score (nSPS) is 16.2. The van der Waals surface area contributed by atoms with Crippen LogP contribution in [0.3, 0.4) is 0 Å². The van der Waals surface area contributed by atoms with Crippen molar-refractivity contribution in [1.82, 2.24) is 5.32 Å². The van der Waals surface area contributed by atoms with E-state index in [-0.39, 0.29) is 17.5 Å². The summed E-state index contributed by atoms with van der Waals surface area (Å²) >= 11 is 3.15. The molecular weight excluding hydrogens is 652 g/mol. The average molecular weight is 700 g/mol. The van der Waals surface area contributed by atoms with E-state index < -0.39 is 18.2 Å². The van der Waals surface area contributed by atoms with Crippen LogP contribution < -0.4 is 19.7 Å². The monoisotopic (exact) mass is 698 g/mol. The summed E-state index contributed by atoms with van der Waals surface area (Å²) in [4.78, 5) is 22.2. The number of rotatable bonds is 7. The van der Waals surface area contributed by atoms with Gasteiger partial charge in [0.15, 0.2) is 8.32 Å². The number of nitrogens with zero attached hydrogens (tertiary/aromatic N) is 3. The molecule has 0 atom stereocenters. The number of aliphatic hydroxyl groups excluding tert-OH is 1. The molecule has 2 aliphatic heterocycles. The molecule has 0 radical (unpaired) electrons. The van der Waals surface area contributed by atoms with Crippen molar-refractivity contribution >= 4 is 41.3 Å². The number of piperidine rings is 2. The van der Waals surface area contributed by atoms with E-state index in [9.17, 15) is 25.3 Å². The van der Waals surface area contributed by atoms with Crippen LogP contribution in [-0.2, 0) is 4.43 Å². The number of halogens is 1. The fourth-order valence-electron chi connectivity index (χ4n) is 4.42. The largest absolute Gasteiger partial charge is 0.496 e. The van der Waals surface area contributed by atoms with Gasteiger partial charge in [0.05, 0.1) is 40.3 Å². The van der Waals surface area contributed by atoms with Gasteiger partial charge in [-0.3, -0.25) is 20.2 Å². The predicted molar refractivity (Wildman–Crippen MR) is 179 cm³/mol. The van der Waals surface area contributed by atoms with E-state index in [1.54, 1.807) is 19.2 Å². The fraction of sp³-hybridized carbons (Fsp3) is 0.600. The number of non-ortho nitro benzene ring substituents is 2. The Morgan fingerprint density at radius 3 is 1.86 bits per heavy atom. The molecule has 246 valence electrons. The number of nitro benzene ring substituents is 2. The molecule has 2 aromatic carbocycles. The van der Waals surface area contributed by atoms with E-state index in [1.165, 1.54) is 44.2 Å². The molecule has 2 aromatic rings. The Hall–Kier alpha value is -2.78. The Bertz CT molecular complexity index is 1230. The van der Waals surface area contributed by atoms with E-state index in [0.717, 1.165) is 18.8 Å². The first-order chi connectivity index (χ1) is 20.6. The van der Waals surface area contributed by atoms with Gasteiger partial charge in [-0.05, 0) is 85.0 Å². The third kappa shape index (κ3) is 11.3. The maximum atomic E-state index is 10.8. The van der Waals surface area contributed by atoms with Gasteiger partial charge < -0.3 is 29.2 Å². The Balaban J connectivity index is 0.000000236. The minimum atomic E-state index is -1.52. The molecule has 2 N–H and O–H groups in total. The average Bonchev–Trinajstić information content (AvgIpc) is 2.97. The molecule has 12 nitrogen and oxygen atoms in total. The van der Waals surface area contributed by atoms with Crippen molar-refractivity contribution in [3.63, 3.8) is 0 Å². The zero-order chi connectivity index (χ0) is 33.1. The fourth-order valence-corrected chi connectivity index (χ4v) is 6.37. The van der Waals surface area contributed by atoms with Gasteiger partial charge in [0.25, 0.3) is 11.4 Å². The van der Waals surface area contributed by atoms with Crippen molar-refractivity contribution in [2.45, 2.75) is 76.8 Å². The number of hydrogen-bond acceptors (Lipinski definition) is 10. The van der Waals surface area contributed by atoms with Crippen LogP contribution in [0.15, 0.2) is 40.9 Å². The molecule has 0 saturated carbocycles. The molecule has 2 aliphatic rings. The summed E-state index contributed by atoms with van der Waals surface area (Å²) in [5.74, 6) is 1.21. The van der Waals surface area contributed by atoms with Gasteiger partial charge in [0.1, 0.15) is 11.5 Å². The number of methoxy groups -OCH3 is 2. The smallest absolute Gasteiger partial charge is 0.271 e. The molecule has 14 heteroatoms. The van der Waals surface area contributed by atoms with Crippen molar-refractivity contribution in [2.75, 3.05) is 45.3 Å². The van der Waals surface area contributed by atoms with Gasteiger partial charge in [0, 0.05) is 43.5 Å². The minimum Gasteiger partial charge on any atom is -0.496 e. The van der Waals surface area contributed by atoms with Crippen LogP contribution in [0.5, 0.6) is 11.5 Å². The molecule has 0 spiro atoms. The molecule has 2 heterocycles. The molecule has 0 amide bonds. The van der Waals surface area contributed by atoms with E-state index in [4.69, 9.17) is 13.9 Å². The van der Waals surface area contributed by atoms with Crippen LogP contribution in [0.25, 0.3) is 0 Å². The molecule has 44 heavy (non-hydrogen) atoms. The Morgan fingerprint density at radius 2 is 1.41 bits per heavy atom. The van der Waals surface area contributed by atoms with Crippen molar-refractivity contribution in [2.24, 2.45) is 0 Å². The topological polar surface area (TPSA) is 149 Å². The number of hydrogen-bond donors (Lipinski definition) is 2. The number of aliphatic hydroxyl groups is 1. The van der Waals surface area contributed by atoms with Gasteiger partial charge in [0.2, 0.25) is 0 Å². The SMILES string of the molecule is CC(C)(C)[Si](C)(C)OC1CCNCC1.COc1ccc([N+](=O)[O-])cc1Br.COc1ccc([N+](=O)[O-])cc1N1CCC(O)CC1. The Labute approximate surface area is 269 Å². The summed E-state index contributed by atoms with van der Waals surface area (Å²) in [6.45, 7) is 15.2. The molecule has 0 aliphatic carbocycles. The second-order valence-electron chi connectivity index (χ2n) is 12.2. The molecule has 4 rings (SSSR count). The predicted octanol–water partition coefficient (Wildman–Crippen LogP) is 6.69. The Kier molecular flexibility index (Phi) is 14.5. The van der Waals surface area contributed by atoms with Crippen LogP contribution in [0.4, 0.5) is 17.1 Å². The summed E-state index contributed by atoms with van der Waals surface area (Å²) in [7, 11) is 1.53. The van der Waals surface area contributed by atoms with Crippen LogP contribution in [0, 0.1) is 20.2 Å². The Morgan fingerprint density at radius 1 is 0.909 bits per heavy atom. The number of nitrogens with one attached hydrogen (secondary N) is 1. The maximum Gasteiger partial charge on any atom is 0.271 e. The van der Waals surface area contributed by atoms with E-state index in [1.807, 2.05) is 4.90 Å². The first kappa shape index (κ1) is 37.4.